The van der Waals surface area contributed by atoms with Crippen LogP contribution in [-0.2, 0) is 6.61 Å². The Balaban J connectivity index is 2.21. The van der Waals surface area contributed by atoms with Crippen LogP contribution >= 0.6 is 22.6 Å². The van der Waals surface area contributed by atoms with Gasteiger partial charge < -0.3 is 14.9 Å². The molecule has 5 heteroatoms. The average Bonchev–Trinajstić information content (AvgIpc) is 2.41. The third kappa shape index (κ3) is 3.41. The summed E-state index contributed by atoms with van der Waals surface area (Å²) in [7, 11) is 0. The Labute approximate surface area is 130 Å². The van der Waals surface area contributed by atoms with Gasteiger partial charge in [0.25, 0.3) is 0 Å². The van der Waals surface area contributed by atoms with E-state index in [-0.39, 0.29) is 17.9 Å². The lowest BCUT2D eigenvalue weighted by atomic mass is 10.1. The quantitative estimate of drug-likeness (QED) is 0.791. The van der Waals surface area contributed by atoms with Crippen LogP contribution < -0.4 is 4.74 Å². The lowest BCUT2D eigenvalue weighted by Gasteiger charge is -2.11. The van der Waals surface area contributed by atoms with Crippen molar-refractivity contribution < 1.29 is 19.7 Å². The number of aryl methyl sites for hydroxylation is 1. The van der Waals surface area contributed by atoms with Crippen molar-refractivity contribution in [3.63, 3.8) is 0 Å². The second-order valence-corrected chi connectivity index (χ2v) is 5.61. The number of rotatable bonds is 4. The monoisotopic (exact) mass is 384 g/mol. The van der Waals surface area contributed by atoms with E-state index in [1.54, 1.807) is 13.0 Å². The summed E-state index contributed by atoms with van der Waals surface area (Å²) in [5.74, 6) is -0.724. The molecule has 0 aliphatic rings. The lowest BCUT2D eigenvalue weighted by molar-refractivity contribution is 0.0693. The second-order valence-electron chi connectivity index (χ2n) is 4.37. The Morgan fingerprint density at radius 2 is 1.90 bits per heavy atom. The van der Waals surface area contributed by atoms with E-state index in [0.717, 1.165) is 9.13 Å². The molecule has 0 radical (unpaired) electrons. The van der Waals surface area contributed by atoms with Crippen LogP contribution in [0.4, 0.5) is 0 Å². The van der Waals surface area contributed by atoms with Crippen molar-refractivity contribution >= 4 is 28.6 Å². The number of phenols is 1. The summed E-state index contributed by atoms with van der Waals surface area (Å²) < 4.78 is 6.66. The van der Waals surface area contributed by atoms with Gasteiger partial charge in [0, 0.05) is 9.13 Å². The van der Waals surface area contributed by atoms with Gasteiger partial charge in [0.2, 0.25) is 0 Å². The maximum Gasteiger partial charge on any atom is 0.339 e. The molecule has 2 aromatic carbocycles. The minimum absolute atomic E-state index is 0.105. The van der Waals surface area contributed by atoms with Crippen molar-refractivity contribution in [2.45, 2.75) is 13.5 Å². The molecule has 0 aliphatic heterocycles. The summed E-state index contributed by atoms with van der Waals surface area (Å²) in [6, 6.07) is 10.6. The highest BCUT2D eigenvalue weighted by Crippen LogP contribution is 2.26. The maximum atomic E-state index is 11.0. The fourth-order valence-electron chi connectivity index (χ4n) is 1.82. The molecule has 0 aromatic heterocycles. The highest BCUT2D eigenvalue weighted by Gasteiger charge is 2.14. The molecule has 2 N–H and O–H groups in total. The predicted octanol–water partition coefficient (Wildman–Crippen LogP) is 3.58. The first-order valence-corrected chi connectivity index (χ1v) is 6.99. The Morgan fingerprint density at radius 1 is 1.25 bits per heavy atom. The predicted molar refractivity (Wildman–Crippen MR) is 83.3 cm³/mol. The zero-order valence-electron chi connectivity index (χ0n) is 10.8. The molecule has 0 spiro atoms. The number of hydrogen-bond acceptors (Lipinski definition) is 3. The Kier molecular flexibility index (Phi) is 4.49. The Bertz CT molecular complexity index is 635. The molecule has 2 rings (SSSR count). The van der Waals surface area contributed by atoms with Gasteiger partial charge in [0.1, 0.15) is 23.7 Å². The van der Waals surface area contributed by atoms with Gasteiger partial charge in [0.05, 0.1) is 0 Å². The second kappa shape index (κ2) is 6.13. The van der Waals surface area contributed by atoms with Crippen LogP contribution in [0, 0.1) is 10.5 Å². The molecule has 0 aliphatic carbocycles. The number of hydrogen-bond donors (Lipinski definition) is 2. The molecule has 0 heterocycles. The average molecular weight is 384 g/mol. The zero-order valence-corrected chi connectivity index (χ0v) is 12.9. The van der Waals surface area contributed by atoms with Crippen LogP contribution in [0.3, 0.4) is 0 Å². The van der Waals surface area contributed by atoms with E-state index in [1.807, 2.05) is 24.3 Å². The van der Waals surface area contributed by atoms with Gasteiger partial charge in [-0.15, -0.1) is 0 Å². The number of ether oxygens (including phenoxy) is 1. The number of carboxylic acids is 1. The van der Waals surface area contributed by atoms with E-state index in [9.17, 15) is 9.90 Å². The van der Waals surface area contributed by atoms with Crippen molar-refractivity contribution in [2.75, 3.05) is 0 Å². The van der Waals surface area contributed by atoms with Gasteiger partial charge in [0.15, 0.2) is 0 Å². The topological polar surface area (TPSA) is 66.8 Å². The van der Waals surface area contributed by atoms with E-state index in [0.29, 0.717) is 11.3 Å². The number of halogens is 1. The molecule has 4 nitrogen and oxygen atoms in total. The summed E-state index contributed by atoms with van der Waals surface area (Å²) in [6.45, 7) is 1.90. The van der Waals surface area contributed by atoms with E-state index < -0.39 is 5.97 Å². The van der Waals surface area contributed by atoms with Gasteiger partial charge in [-0.3, -0.25) is 0 Å². The van der Waals surface area contributed by atoms with Crippen molar-refractivity contribution in [3.8, 4) is 11.5 Å². The number of benzene rings is 2. The zero-order chi connectivity index (χ0) is 14.7. The molecular weight excluding hydrogens is 371 g/mol. The third-order valence-electron chi connectivity index (χ3n) is 2.77. The molecule has 0 saturated carbocycles. The lowest BCUT2D eigenvalue weighted by Crippen LogP contribution is -2.03. The number of carbonyl (C=O) groups is 1. The molecule has 0 saturated heterocycles. The summed E-state index contributed by atoms with van der Waals surface area (Å²) in [5, 5.41) is 19.0. The highest BCUT2D eigenvalue weighted by atomic mass is 127. The highest BCUT2D eigenvalue weighted by molar-refractivity contribution is 14.1. The molecule has 0 fully saturated rings. The minimum Gasteiger partial charge on any atom is -0.507 e. The standard InChI is InChI=1S/C15H13IO4/c1-9-6-10(14(17)13(7-9)15(18)19)8-20-12-4-2-11(16)3-5-12/h2-7,17H,8H2,1H3,(H,18,19). The number of aromatic hydroxyl groups is 1. The summed E-state index contributed by atoms with van der Waals surface area (Å²) in [6.07, 6.45) is 0. The van der Waals surface area contributed by atoms with Gasteiger partial charge in [-0.25, -0.2) is 4.79 Å². The first-order valence-electron chi connectivity index (χ1n) is 5.91. The molecule has 0 amide bonds. The molecule has 0 bridgehead atoms. The molecule has 20 heavy (non-hydrogen) atoms. The Hall–Kier alpha value is -1.76. The van der Waals surface area contributed by atoms with Crippen LogP contribution in [0.5, 0.6) is 11.5 Å². The molecule has 104 valence electrons. The Morgan fingerprint density at radius 3 is 2.50 bits per heavy atom. The number of carboxylic acid groups (broad SMARTS) is 1. The fraction of sp³-hybridized carbons (Fsp3) is 0.133. The first-order chi connectivity index (χ1) is 9.47. The molecule has 2 aromatic rings. The molecule has 0 atom stereocenters. The molecular formula is C15H13IO4. The summed E-state index contributed by atoms with van der Waals surface area (Å²) in [5.41, 5.74) is 1.12. The van der Waals surface area contributed by atoms with E-state index >= 15 is 0 Å². The minimum atomic E-state index is -1.15. The van der Waals surface area contributed by atoms with E-state index in [1.165, 1.54) is 6.07 Å². The van der Waals surface area contributed by atoms with E-state index in [4.69, 9.17) is 9.84 Å². The van der Waals surface area contributed by atoms with Crippen molar-refractivity contribution in [1.82, 2.24) is 0 Å². The summed E-state index contributed by atoms with van der Waals surface area (Å²) in [4.78, 5) is 11.0. The van der Waals surface area contributed by atoms with Crippen molar-refractivity contribution in [2.24, 2.45) is 0 Å². The largest absolute Gasteiger partial charge is 0.507 e. The van der Waals surface area contributed by atoms with Gasteiger partial charge in [-0.05, 0) is 71.5 Å². The third-order valence-corrected chi connectivity index (χ3v) is 3.49. The smallest absolute Gasteiger partial charge is 0.339 e. The van der Waals surface area contributed by atoms with Crippen LogP contribution in [0.25, 0.3) is 0 Å². The fourth-order valence-corrected chi connectivity index (χ4v) is 2.18. The van der Waals surface area contributed by atoms with E-state index in [2.05, 4.69) is 22.6 Å². The maximum absolute atomic E-state index is 11.0. The van der Waals surface area contributed by atoms with Gasteiger partial charge in [-0.2, -0.15) is 0 Å². The van der Waals surface area contributed by atoms with Crippen molar-refractivity contribution in [3.05, 3.63) is 56.7 Å². The SMILES string of the molecule is Cc1cc(COc2ccc(I)cc2)c(O)c(C(=O)O)c1. The number of aromatic carboxylic acids is 1. The van der Waals surface area contributed by atoms with Gasteiger partial charge >= 0.3 is 5.97 Å². The van der Waals surface area contributed by atoms with Crippen LogP contribution in [0.1, 0.15) is 21.5 Å². The van der Waals surface area contributed by atoms with Crippen molar-refractivity contribution in [1.29, 1.82) is 0 Å². The molecule has 0 unspecified atom stereocenters. The van der Waals surface area contributed by atoms with Crippen LogP contribution in [0.2, 0.25) is 0 Å². The van der Waals surface area contributed by atoms with Crippen LogP contribution in [-0.4, -0.2) is 16.2 Å². The normalized spacial score (nSPS) is 10.3. The summed E-state index contributed by atoms with van der Waals surface area (Å²) >= 11 is 2.20. The first kappa shape index (κ1) is 14.6. The van der Waals surface area contributed by atoms with Gasteiger partial charge in [-0.1, -0.05) is 0 Å². The van der Waals surface area contributed by atoms with Crippen LogP contribution in [0.15, 0.2) is 36.4 Å².